The first-order chi connectivity index (χ1) is 13.5. The number of rotatable bonds is 9. The van der Waals surface area contributed by atoms with Crippen molar-refractivity contribution in [2.75, 3.05) is 27.8 Å². The number of hydrogen-bond donors (Lipinski definition) is 0. The van der Waals surface area contributed by atoms with Crippen molar-refractivity contribution in [3.8, 4) is 11.5 Å². The number of methoxy groups -OCH3 is 1. The zero-order valence-electron chi connectivity index (χ0n) is 17.0. The van der Waals surface area contributed by atoms with Crippen LogP contribution in [0.3, 0.4) is 0 Å². The van der Waals surface area contributed by atoms with E-state index in [9.17, 15) is 4.79 Å². The second kappa shape index (κ2) is 8.93. The SMILES string of the molecule is COc1c(C(C)=O)c(OCCCc2ccccc2)c(CN(C)C)c2occc12. The molecule has 0 saturated carbocycles. The topological polar surface area (TPSA) is 51.9 Å². The zero-order valence-corrected chi connectivity index (χ0v) is 17.0. The third-order valence-electron chi connectivity index (χ3n) is 4.64. The molecule has 0 fully saturated rings. The maximum atomic E-state index is 12.5. The van der Waals surface area contributed by atoms with Gasteiger partial charge in [-0.3, -0.25) is 4.79 Å². The van der Waals surface area contributed by atoms with Gasteiger partial charge in [0.25, 0.3) is 0 Å². The Kier molecular flexibility index (Phi) is 6.37. The van der Waals surface area contributed by atoms with Crippen molar-refractivity contribution in [1.82, 2.24) is 4.90 Å². The fourth-order valence-electron chi connectivity index (χ4n) is 3.46. The summed E-state index contributed by atoms with van der Waals surface area (Å²) in [5.74, 6) is 0.989. The molecule has 0 unspecified atom stereocenters. The fourth-order valence-corrected chi connectivity index (χ4v) is 3.46. The van der Waals surface area contributed by atoms with E-state index in [1.165, 1.54) is 5.56 Å². The van der Waals surface area contributed by atoms with Crippen molar-refractivity contribution in [2.45, 2.75) is 26.3 Å². The second-order valence-corrected chi connectivity index (χ2v) is 7.11. The second-order valence-electron chi connectivity index (χ2n) is 7.11. The van der Waals surface area contributed by atoms with Crippen molar-refractivity contribution in [3.05, 3.63) is 59.4 Å². The lowest BCUT2D eigenvalue weighted by molar-refractivity contribution is 0.101. The summed E-state index contributed by atoms with van der Waals surface area (Å²) in [7, 11) is 5.52. The van der Waals surface area contributed by atoms with Gasteiger partial charge in [-0.15, -0.1) is 0 Å². The Bertz CT molecular complexity index is 944. The van der Waals surface area contributed by atoms with Crippen LogP contribution in [0.25, 0.3) is 11.0 Å². The van der Waals surface area contributed by atoms with Gasteiger partial charge in [0.1, 0.15) is 22.6 Å². The average molecular weight is 381 g/mol. The molecule has 0 aliphatic carbocycles. The Hall–Kier alpha value is -2.79. The third-order valence-corrected chi connectivity index (χ3v) is 4.64. The average Bonchev–Trinajstić information content (AvgIpc) is 3.15. The highest BCUT2D eigenvalue weighted by Gasteiger charge is 2.26. The van der Waals surface area contributed by atoms with Crippen LogP contribution >= 0.6 is 0 Å². The maximum Gasteiger partial charge on any atom is 0.167 e. The van der Waals surface area contributed by atoms with E-state index in [-0.39, 0.29) is 5.78 Å². The van der Waals surface area contributed by atoms with Gasteiger partial charge in [-0.25, -0.2) is 0 Å². The molecule has 0 aliphatic rings. The van der Waals surface area contributed by atoms with Gasteiger partial charge < -0.3 is 18.8 Å². The van der Waals surface area contributed by atoms with E-state index in [1.807, 2.05) is 43.3 Å². The van der Waals surface area contributed by atoms with E-state index in [0.717, 1.165) is 23.8 Å². The van der Waals surface area contributed by atoms with Crippen molar-refractivity contribution < 1.29 is 18.7 Å². The van der Waals surface area contributed by atoms with Crippen molar-refractivity contribution in [3.63, 3.8) is 0 Å². The van der Waals surface area contributed by atoms with Crippen LogP contribution in [0.1, 0.15) is 34.8 Å². The number of furan rings is 1. The predicted octanol–water partition coefficient (Wildman–Crippen LogP) is 4.72. The summed E-state index contributed by atoms with van der Waals surface area (Å²) in [6.07, 6.45) is 3.39. The minimum atomic E-state index is -0.0852. The molecule has 0 bridgehead atoms. The molecule has 1 aromatic heterocycles. The first kappa shape index (κ1) is 20.0. The van der Waals surface area contributed by atoms with Gasteiger partial charge in [0.05, 0.1) is 30.9 Å². The largest absolute Gasteiger partial charge is 0.495 e. The molecule has 0 aliphatic heterocycles. The Morgan fingerprint density at radius 2 is 1.86 bits per heavy atom. The van der Waals surface area contributed by atoms with E-state index < -0.39 is 0 Å². The molecule has 0 N–H and O–H groups in total. The van der Waals surface area contributed by atoms with Crippen LogP contribution in [0.5, 0.6) is 11.5 Å². The van der Waals surface area contributed by atoms with Crippen LogP contribution in [0.2, 0.25) is 0 Å². The number of fused-ring (bicyclic) bond motifs is 1. The number of carbonyl (C=O) groups excluding carboxylic acids is 1. The standard InChI is InChI=1S/C23H27NO4/c1-16(25)20-22(26-4)18-12-14-28-21(18)19(15-24(2)3)23(20)27-13-8-11-17-9-6-5-7-10-17/h5-7,9-10,12,14H,8,11,13,15H2,1-4H3. The quantitative estimate of drug-likeness (QED) is 0.397. The molecule has 0 saturated heterocycles. The summed E-state index contributed by atoms with van der Waals surface area (Å²) in [4.78, 5) is 14.5. The summed E-state index contributed by atoms with van der Waals surface area (Å²) in [5.41, 5.74) is 3.32. The molecule has 3 rings (SSSR count). The lowest BCUT2D eigenvalue weighted by atomic mass is 10.00. The highest BCUT2D eigenvalue weighted by atomic mass is 16.5. The van der Waals surface area contributed by atoms with Gasteiger partial charge in [0.15, 0.2) is 5.78 Å². The molecule has 5 heteroatoms. The van der Waals surface area contributed by atoms with Crippen LogP contribution in [0, 0.1) is 0 Å². The van der Waals surface area contributed by atoms with E-state index in [1.54, 1.807) is 20.3 Å². The number of benzene rings is 2. The molecule has 1 heterocycles. The van der Waals surface area contributed by atoms with Gasteiger partial charge in [-0.2, -0.15) is 0 Å². The first-order valence-electron chi connectivity index (χ1n) is 9.45. The van der Waals surface area contributed by atoms with E-state index in [2.05, 4.69) is 12.1 Å². The zero-order chi connectivity index (χ0) is 20.1. The number of Topliss-reactive ketones (excluding diaryl/α,β-unsaturated/α-hetero) is 1. The van der Waals surface area contributed by atoms with Gasteiger partial charge >= 0.3 is 0 Å². The van der Waals surface area contributed by atoms with Crippen LogP contribution < -0.4 is 9.47 Å². The Balaban J connectivity index is 1.95. The lowest BCUT2D eigenvalue weighted by Gasteiger charge is -2.20. The minimum Gasteiger partial charge on any atom is -0.495 e. The van der Waals surface area contributed by atoms with Crippen molar-refractivity contribution in [1.29, 1.82) is 0 Å². The summed E-state index contributed by atoms with van der Waals surface area (Å²) >= 11 is 0. The predicted molar refractivity (Wildman–Crippen MR) is 110 cm³/mol. The van der Waals surface area contributed by atoms with Gasteiger partial charge in [0, 0.05) is 6.54 Å². The highest BCUT2D eigenvalue weighted by molar-refractivity contribution is 6.07. The third kappa shape index (κ3) is 4.20. The first-order valence-corrected chi connectivity index (χ1v) is 9.45. The molecular formula is C23H27NO4. The molecule has 0 amide bonds. The summed E-state index contributed by atoms with van der Waals surface area (Å²) in [5, 5.41) is 0.793. The molecule has 28 heavy (non-hydrogen) atoms. The lowest BCUT2D eigenvalue weighted by Crippen LogP contribution is -2.15. The van der Waals surface area contributed by atoms with Gasteiger partial charge in [-0.1, -0.05) is 30.3 Å². The van der Waals surface area contributed by atoms with E-state index in [0.29, 0.717) is 35.8 Å². The maximum absolute atomic E-state index is 12.5. The fraction of sp³-hybridized carbons (Fsp3) is 0.348. The number of nitrogens with zero attached hydrogens (tertiary/aromatic N) is 1. The van der Waals surface area contributed by atoms with Crippen molar-refractivity contribution >= 4 is 16.8 Å². The number of carbonyl (C=O) groups is 1. The Morgan fingerprint density at radius 3 is 2.50 bits per heavy atom. The summed E-state index contributed by atoms with van der Waals surface area (Å²) in [6.45, 7) is 2.65. The van der Waals surface area contributed by atoms with E-state index >= 15 is 0 Å². The summed E-state index contributed by atoms with van der Waals surface area (Å²) < 4.78 is 17.5. The molecule has 5 nitrogen and oxygen atoms in total. The van der Waals surface area contributed by atoms with Gasteiger partial charge in [-0.05, 0) is 45.5 Å². The van der Waals surface area contributed by atoms with Crippen LogP contribution in [0.15, 0.2) is 47.1 Å². The summed E-state index contributed by atoms with van der Waals surface area (Å²) in [6, 6.07) is 12.1. The molecule has 148 valence electrons. The molecule has 0 radical (unpaired) electrons. The Labute approximate surface area is 165 Å². The molecule has 0 spiro atoms. The van der Waals surface area contributed by atoms with Crippen molar-refractivity contribution in [2.24, 2.45) is 0 Å². The van der Waals surface area contributed by atoms with Crippen LogP contribution in [-0.2, 0) is 13.0 Å². The smallest absolute Gasteiger partial charge is 0.167 e. The Morgan fingerprint density at radius 1 is 1.11 bits per heavy atom. The number of aryl methyl sites for hydroxylation is 1. The van der Waals surface area contributed by atoms with E-state index in [4.69, 9.17) is 13.9 Å². The minimum absolute atomic E-state index is 0.0852. The normalized spacial score (nSPS) is 11.2. The highest BCUT2D eigenvalue weighted by Crippen LogP contribution is 2.42. The number of ether oxygens (including phenoxy) is 2. The number of hydrogen-bond acceptors (Lipinski definition) is 5. The van der Waals surface area contributed by atoms with Crippen LogP contribution in [-0.4, -0.2) is 38.5 Å². The number of ketones is 1. The molecular weight excluding hydrogens is 354 g/mol. The van der Waals surface area contributed by atoms with Gasteiger partial charge in [0.2, 0.25) is 0 Å². The molecule has 3 aromatic rings. The molecule has 2 aromatic carbocycles. The molecule has 0 atom stereocenters. The monoisotopic (exact) mass is 381 g/mol. The van der Waals surface area contributed by atoms with Crippen LogP contribution in [0.4, 0.5) is 0 Å².